The largest absolute Gasteiger partial charge is 0.462 e. The number of hydrogen-bond acceptors (Lipinski definition) is 6. The summed E-state index contributed by atoms with van der Waals surface area (Å²) in [6.45, 7) is 2.11. The molecule has 0 amide bonds. The Bertz CT molecular complexity index is 884. The molecule has 1 heterocycles. The lowest BCUT2D eigenvalue weighted by molar-refractivity contribution is 0.0527. The van der Waals surface area contributed by atoms with E-state index in [1.165, 1.54) is 0 Å². The average Bonchev–Trinajstić information content (AvgIpc) is 2.69. The second-order valence-corrected chi connectivity index (χ2v) is 5.53. The summed E-state index contributed by atoms with van der Waals surface area (Å²) >= 11 is 0. The fourth-order valence-corrected chi connectivity index (χ4v) is 2.46. The van der Waals surface area contributed by atoms with Gasteiger partial charge in [-0.1, -0.05) is 30.3 Å². The lowest BCUT2D eigenvalue weighted by atomic mass is 10.2. The highest BCUT2D eigenvalue weighted by atomic mass is 16.5. The molecule has 0 atom stereocenters. The number of carbonyl (C=O) groups excluding carboxylic acids is 1. The quantitative estimate of drug-likeness (QED) is 0.675. The van der Waals surface area contributed by atoms with Gasteiger partial charge >= 0.3 is 5.97 Å². The molecule has 132 valence electrons. The van der Waals surface area contributed by atoms with E-state index in [4.69, 9.17) is 4.74 Å². The maximum absolute atomic E-state index is 12.1. The summed E-state index contributed by atoms with van der Waals surface area (Å²) < 4.78 is 5.11. The van der Waals surface area contributed by atoms with Crippen molar-refractivity contribution in [1.82, 2.24) is 9.97 Å². The number of hydrogen-bond donors (Lipinski definition) is 1. The van der Waals surface area contributed by atoms with Crippen molar-refractivity contribution in [2.75, 3.05) is 23.9 Å². The minimum Gasteiger partial charge on any atom is -0.462 e. The van der Waals surface area contributed by atoms with Gasteiger partial charge in [0.15, 0.2) is 0 Å². The van der Waals surface area contributed by atoms with Crippen LogP contribution in [0.25, 0.3) is 0 Å². The van der Waals surface area contributed by atoms with Crippen molar-refractivity contribution >= 4 is 29.1 Å². The zero-order valence-corrected chi connectivity index (χ0v) is 14.7. The summed E-state index contributed by atoms with van der Waals surface area (Å²) in [6.07, 6.45) is 1.68. The standard InChI is InChI=1S/C20H20N4O2/c1-3-26-19(25)16-11-7-8-12-17(16)22-18-13-14-21-20(23-18)24(2)15-9-5-4-6-10-15/h4-14H,3H2,1-2H3,(H,21,22,23). The molecule has 1 N–H and O–H groups in total. The third kappa shape index (κ3) is 3.97. The molecular formula is C20H20N4O2. The number of esters is 1. The fraction of sp³-hybridized carbons (Fsp3) is 0.150. The fourth-order valence-electron chi connectivity index (χ4n) is 2.46. The Morgan fingerprint density at radius 2 is 1.81 bits per heavy atom. The van der Waals surface area contributed by atoms with Gasteiger partial charge in [-0.15, -0.1) is 0 Å². The summed E-state index contributed by atoms with van der Waals surface area (Å²) in [5.41, 5.74) is 2.08. The average molecular weight is 348 g/mol. The number of nitrogens with zero attached hydrogens (tertiary/aromatic N) is 3. The Kier molecular flexibility index (Phi) is 5.43. The molecule has 0 bridgehead atoms. The number of anilines is 4. The van der Waals surface area contributed by atoms with Gasteiger partial charge in [-0.3, -0.25) is 0 Å². The molecule has 0 unspecified atom stereocenters. The zero-order chi connectivity index (χ0) is 18.4. The summed E-state index contributed by atoms with van der Waals surface area (Å²) in [7, 11) is 1.90. The van der Waals surface area contributed by atoms with E-state index in [9.17, 15) is 4.79 Å². The summed E-state index contributed by atoms with van der Waals surface area (Å²) in [5.74, 6) is 0.774. The van der Waals surface area contributed by atoms with Gasteiger partial charge in [0, 0.05) is 18.9 Å². The van der Waals surface area contributed by atoms with Gasteiger partial charge in [0.2, 0.25) is 5.95 Å². The molecule has 26 heavy (non-hydrogen) atoms. The number of nitrogens with one attached hydrogen (secondary N) is 1. The van der Waals surface area contributed by atoms with Crippen LogP contribution in [0.5, 0.6) is 0 Å². The predicted octanol–water partition coefficient (Wildman–Crippen LogP) is 4.16. The van der Waals surface area contributed by atoms with E-state index in [0.717, 1.165) is 5.69 Å². The highest BCUT2D eigenvalue weighted by Gasteiger charge is 2.13. The minimum absolute atomic E-state index is 0.326. The lowest BCUT2D eigenvalue weighted by Gasteiger charge is -2.18. The number of aromatic nitrogens is 2. The molecule has 3 rings (SSSR count). The summed E-state index contributed by atoms with van der Waals surface area (Å²) in [4.78, 5) is 22.9. The van der Waals surface area contributed by atoms with Gasteiger partial charge < -0.3 is 15.0 Å². The van der Waals surface area contributed by atoms with Crippen molar-refractivity contribution in [2.45, 2.75) is 6.92 Å². The van der Waals surface area contributed by atoms with E-state index < -0.39 is 0 Å². The van der Waals surface area contributed by atoms with Crippen LogP contribution >= 0.6 is 0 Å². The molecule has 6 nitrogen and oxygen atoms in total. The maximum atomic E-state index is 12.1. The van der Waals surface area contributed by atoms with Crippen molar-refractivity contribution in [3.05, 3.63) is 72.4 Å². The molecule has 0 spiro atoms. The van der Waals surface area contributed by atoms with Gasteiger partial charge in [0.1, 0.15) is 5.82 Å². The Morgan fingerprint density at radius 1 is 1.08 bits per heavy atom. The predicted molar refractivity (Wildman–Crippen MR) is 102 cm³/mol. The third-order valence-electron chi connectivity index (χ3n) is 3.77. The first kappa shape index (κ1) is 17.4. The van der Waals surface area contributed by atoms with Crippen LogP contribution in [0, 0.1) is 0 Å². The smallest absolute Gasteiger partial charge is 0.340 e. The molecule has 0 saturated heterocycles. The van der Waals surface area contributed by atoms with Crippen molar-refractivity contribution in [1.29, 1.82) is 0 Å². The Balaban J connectivity index is 1.85. The van der Waals surface area contributed by atoms with E-state index in [-0.39, 0.29) is 5.97 Å². The molecule has 0 aliphatic heterocycles. The van der Waals surface area contributed by atoms with Gasteiger partial charge in [-0.05, 0) is 37.3 Å². The Hall–Kier alpha value is -3.41. The van der Waals surface area contributed by atoms with E-state index in [1.807, 2.05) is 54.4 Å². The third-order valence-corrected chi connectivity index (χ3v) is 3.77. The van der Waals surface area contributed by atoms with Crippen LogP contribution in [0.4, 0.5) is 23.1 Å². The molecule has 0 fully saturated rings. The molecule has 2 aromatic carbocycles. The van der Waals surface area contributed by atoms with Gasteiger partial charge in [-0.25, -0.2) is 9.78 Å². The van der Waals surface area contributed by atoms with Crippen LogP contribution < -0.4 is 10.2 Å². The highest BCUT2D eigenvalue weighted by molar-refractivity contribution is 5.96. The highest BCUT2D eigenvalue weighted by Crippen LogP contribution is 2.23. The number of ether oxygens (including phenoxy) is 1. The number of rotatable bonds is 6. The molecular weight excluding hydrogens is 328 g/mol. The van der Waals surface area contributed by atoms with Crippen LogP contribution in [0.15, 0.2) is 66.9 Å². The Morgan fingerprint density at radius 3 is 2.58 bits per heavy atom. The second kappa shape index (κ2) is 8.11. The van der Waals surface area contributed by atoms with Gasteiger partial charge in [0.05, 0.1) is 17.9 Å². The lowest BCUT2D eigenvalue weighted by Crippen LogP contribution is -2.14. The normalized spacial score (nSPS) is 10.2. The van der Waals surface area contributed by atoms with Crippen molar-refractivity contribution in [3.63, 3.8) is 0 Å². The zero-order valence-electron chi connectivity index (χ0n) is 14.7. The van der Waals surface area contributed by atoms with Crippen LogP contribution in [0.2, 0.25) is 0 Å². The first-order valence-corrected chi connectivity index (χ1v) is 8.34. The van der Waals surface area contributed by atoms with E-state index >= 15 is 0 Å². The van der Waals surface area contributed by atoms with Crippen LogP contribution in [0.3, 0.4) is 0 Å². The minimum atomic E-state index is -0.369. The van der Waals surface area contributed by atoms with Gasteiger partial charge in [0.25, 0.3) is 0 Å². The van der Waals surface area contributed by atoms with Crippen molar-refractivity contribution in [2.24, 2.45) is 0 Å². The van der Waals surface area contributed by atoms with Crippen LogP contribution in [0.1, 0.15) is 17.3 Å². The van der Waals surface area contributed by atoms with Crippen LogP contribution in [-0.2, 0) is 4.74 Å². The first-order valence-electron chi connectivity index (χ1n) is 8.34. The SMILES string of the molecule is CCOC(=O)c1ccccc1Nc1ccnc(N(C)c2ccccc2)n1. The molecule has 0 radical (unpaired) electrons. The molecule has 3 aromatic rings. The van der Waals surface area contributed by atoms with Gasteiger partial charge in [-0.2, -0.15) is 4.98 Å². The van der Waals surface area contributed by atoms with E-state index in [1.54, 1.807) is 31.3 Å². The topological polar surface area (TPSA) is 67.3 Å². The molecule has 1 aromatic heterocycles. The van der Waals surface area contributed by atoms with E-state index in [2.05, 4.69) is 15.3 Å². The maximum Gasteiger partial charge on any atom is 0.340 e. The molecule has 0 aliphatic carbocycles. The summed E-state index contributed by atoms with van der Waals surface area (Å²) in [6, 6.07) is 18.8. The molecule has 0 saturated carbocycles. The number of para-hydroxylation sites is 2. The molecule has 6 heteroatoms. The summed E-state index contributed by atoms with van der Waals surface area (Å²) in [5, 5.41) is 3.18. The number of benzene rings is 2. The number of carbonyl (C=O) groups is 1. The van der Waals surface area contributed by atoms with Crippen LogP contribution in [-0.4, -0.2) is 29.6 Å². The van der Waals surface area contributed by atoms with E-state index in [0.29, 0.717) is 29.6 Å². The molecule has 0 aliphatic rings. The van der Waals surface area contributed by atoms with Crippen molar-refractivity contribution in [3.8, 4) is 0 Å². The monoisotopic (exact) mass is 348 g/mol. The van der Waals surface area contributed by atoms with Crippen molar-refractivity contribution < 1.29 is 9.53 Å². The Labute approximate surface area is 152 Å². The second-order valence-electron chi connectivity index (χ2n) is 5.53. The first-order chi connectivity index (χ1) is 12.7.